The van der Waals surface area contributed by atoms with E-state index >= 15 is 0 Å². The average Bonchev–Trinajstić information content (AvgIpc) is 2.92. The summed E-state index contributed by atoms with van der Waals surface area (Å²) in [4.78, 5) is 20.4. The van der Waals surface area contributed by atoms with Crippen LogP contribution in [0.1, 0.15) is 4.88 Å². The summed E-state index contributed by atoms with van der Waals surface area (Å²) >= 11 is 4.74. The molecular weight excluding hydrogens is 364 g/mol. The summed E-state index contributed by atoms with van der Waals surface area (Å²) in [6.07, 6.45) is 3.26. The van der Waals surface area contributed by atoms with Crippen molar-refractivity contribution in [2.75, 3.05) is 0 Å². The first kappa shape index (κ1) is 14.9. The second kappa shape index (κ2) is 6.37. The molecule has 1 aromatic carbocycles. The molecule has 0 aliphatic heterocycles. The van der Waals surface area contributed by atoms with E-state index in [2.05, 4.69) is 25.9 Å². The molecule has 3 rings (SSSR count). The molecule has 0 fully saturated rings. The molecule has 0 aliphatic carbocycles. The van der Waals surface area contributed by atoms with Crippen LogP contribution < -0.4 is 5.11 Å². The van der Waals surface area contributed by atoms with E-state index in [-0.39, 0.29) is 6.42 Å². The largest absolute Gasteiger partial charge is 0.550 e. The summed E-state index contributed by atoms with van der Waals surface area (Å²) in [6.45, 7) is 0. The predicted molar refractivity (Wildman–Crippen MR) is 87.2 cm³/mol. The maximum Gasteiger partial charge on any atom is 0.125 e. The van der Waals surface area contributed by atoms with Crippen LogP contribution in [-0.4, -0.2) is 15.9 Å². The van der Waals surface area contributed by atoms with Gasteiger partial charge in [0, 0.05) is 45.3 Å². The lowest BCUT2D eigenvalue weighted by Crippen LogP contribution is -2.24. The van der Waals surface area contributed by atoms with Gasteiger partial charge in [-0.1, -0.05) is 28.1 Å². The zero-order valence-electron chi connectivity index (χ0n) is 11.3. The van der Waals surface area contributed by atoms with Gasteiger partial charge in [-0.2, -0.15) is 0 Å². The lowest BCUT2D eigenvalue weighted by molar-refractivity contribution is -0.304. The first-order valence-corrected chi connectivity index (χ1v) is 8.10. The Bertz CT molecular complexity index is 801. The zero-order chi connectivity index (χ0) is 15.5. The number of carbonyl (C=O) groups excluding carboxylic acids is 1. The molecule has 4 nitrogen and oxygen atoms in total. The minimum Gasteiger partial charge on any atom is -0.550 e. The van der Waals surface area contributed by atoms with Crippen molar-refractivity contribution < 1.29 is 9.90 Å². The normalized spacial score (nSPS) is 10.6. The lowest BCUT2D eigenvalue weighted by atomic mass is 10.1. The number of benzene rings is 1. The number of nitrogens with zero attached hydrogens (tertiary/aromatic N) is 2. The highest BCUT2D eigenvalue weighted by atomic mass is 79.9. The maximum absolute atomic E-state index is 11.0. The van der Waals surface area contributed by atoms with Gasteiger partial charge >= 0.3 is 0 Å². The van der Waals surface area contributed by atoms with Crippen LogP contribution in [0.3, 0.4) is 0 Å². The fourth-order valence-electron chi connectivity index (χ4n) is 2.05. The third-order valence-corrected chi connectivity index (χ3v) is 4.66. The molecule has 0 saturated carbocycles. The third-order valence-electron chi connectivity index (χ3n) is 3.03. The van der Waals surface area contributed by atoms with Crippen LogP contribution in [0.15, 0.2) is 53.3 Å². The van der Waals surface area contributed by atoms with Gasteiger partial charge < -0.3 is 9.90 Å². The molecule has 0 spiro atoms. The topological polar surface area (TPSA) is 65.9 Å². The summed E-state index contributed by atoms with van der Waals surface area (Å²) in [5.74, 6) is -1.11. The Kier molecular flexibility index (Phi) is 4.31. The summed E-state index contributed by atoms with van der Waals surface area (Å²) in [5.41, 5.74) is 2.43. The fraction of sp³-hybridized carbons (Fsp3) is 0.0625. The third kappa shape index (κ3) is 3.23. The molecule has 0 amide bonds. The van der Waals surface area contributed by atoms with E-state index in [1.165, 1.54) is 11.3 Å². The van der Waals surface area contributed by atoms with Crippen molar-refractivity contribution in [3.8, 4) is 21.8 Å². The van der Waals surface area contributed by atoms with Crippen LogP contribution >= 0.6 is 27.3 Å². The van der Waals surface area contributed by atoms with Crippen molar-refractivity contribution in [1.29, 1.82) is 0 Å². The molecule has 0 aliphatic rings. The Labute approximate surface area is 139 Å². The van der Waals surface area contributed by atoms with Crippen molar-refractivity contribution >= 4 is 33.2 Å². The van der Waals surface area contributed by atoms with Crippen molar-refractivity contribution in [2.45, 2.75) is 6.42 Å². The van der Waals surface area contributed by atoms with Crippen LogP contribution in [0, 0.1) is 0 Å². The smallest absolute Gasteiger partial charge is 0.125 e. The van der Waals surface area contributed by atoms with Crippen LogP contribution in [0.5, 0.6) is 0 Å². The lowest BCUT2D eigenvalue weighted by Gasteiger charge is -2.03. The number of hydrogen-bond donors (Lipinski definition) is 0. The number of carboxylic acid groups (broad SMARTS) is 1. The Morgan fingerprint density at radius 1 is 1.18 bits per heavy atom. The van der Waals surface area contributed by atoms with Crippen molar-refractivity contribution in [3.05, 3.63) is 58.1 Å². The molecule has 22 heavy (non-hydrogen) atoms. The van der Waals surface area contributed by atoms with Gasteiger partial charge in [-0.3, -0.25) is 4.98 Å². The Morgan fingerprint density at radius 3 is 2.59 bits per heavy atom. The molecule has 2 heterocycles. The van der Waals surface area contributed by atoms with E-state index < -0.39 is 5.97 Å². The van der Waals surface area contributed by atoms with E-state index in [1.54, 1.807) is 12.4 Å². The van der Waals surface area contributed by atoms with Gasteiger partial charge in [-0.15, -0.1) is 11.3 Å². The zero-order valence-corrected chi connectivity index (χ0v) is 13.7. The van der Waals surface area contributed by atoms with E-state index in [0.29, 0.717) is 10.6 Å². The highest BCUT2D eigenvalue weighted by Gasteiger charge is 2.14. The number of pyridine rings is 1. The molecule has 3 aromatic rings. The molecule has 6 heteroatoms. The van der Waals surface area contributed by atoms with Crippen LogP contribution in [0.4, 0.5) is 0 Å². The van der Waals surface area contributed by atoms with Crippen molar-refractivity contribution in [3.63, 3.8) is 0 Å². The highest BCUT2D eigenvalue weighted by molar-refractivity contribution is 9.10. The monoisotopic (exact) mass is 373 g/mol. The second-order valence-electron chi connectivity index (χ2n) is 4.59. The van der Waals surface area contributed by atoms with E-state index in [9.17, 15) is 9.90 Å². The van der Waals surface area contributed by atoms with E-state index in [4.69, 9.17) is 0 Å². The van der Waals surface area contributed by atoms with Gasteiger partial charge in [-0.05, 0) is 24.3 Å². The maximum atomic E-state index is 11.0. The number of hydrogen-bond acceptors (Lipinski definition) is 5. The van der Waals surface area contributed by atoms with Crippen LogP contribution in [0.25, 0.3) is 21.8 Å². The van der Waals surface area contributed by atoms with E-state index in [1.807, 2.05) is 36.4 Å². The number of aliphatic carboxylic acids is 1. The number of carboxylic acids is 1. The number of thiazole rings is 1. The van der Waals surface area contributed by atoms with Gasteiger partial charge in [0.05, 0.1) is 5.69 Å². The second-order valence-corrected chi connectivity index (χ2v) is 6.59. The molecule has 2 aromatic heterocycles. The average molecular weight is 374 g/mol. The quantitative estimate of drug-likeness (QED) is 0.704. The minimum atomic E-state index is -1.11. The van der Waals surface area contributed by atoms with Crippen LogP contribution in [0.2, 0.25) is 0 Å². The first-order chi connectivity index (χ1) is 10.6. The Morgan fingerprint density at radius 2 is 1.95 bits per heavy atom. The van der Waals surface area contributed by atoms with Crippen LogP contribution in [-0.2, 0) is 11.2 Å². The minimum absolute atomic E-state index is 0.149. The number of halogens is 1. The molecule has 0 atom stereocenters. The summed E-state index contributed by atoms with van der Waals surface area (Å²) in [6, 6.07) is 11.4. The molecule has 110 valence electrons. The molecule has 0 saturated heterocycles. The molecule has 0 unspecified atom stereocenters. The number of carbonyl (C=O) groups is 1. The van der Waals surface area contributed by atoms with Crippen molar-refractivity contribution in [2.24, 2.45) is 0 Å². The first-order valence-electron chi connectivity index (χ1n) is 6.49. The predicted octanol–water partition coefficient (Wildman–Crippen LogP) is 2.93. The SMILES string of the molecule is O=C([O-])Cc1sc(-c2cccnc2)nc1-c1ccc(Br)cc1. The van der Waals surface area contributed by atoms with Gasteiger partial charge in [-0.25, -0.2) is 4.98 Å². The van der Waals surface area contributed by atoms with Crippen molar-refractivity contribution in [1.82, 2.24) is 9.97 Å². The highest BCUT2D eigenvalue weighted by Crippen LogP contribution is 2.34. The molecule has 0 bridgehead atoms. The standard InChI is InChI=1S/C16H11BrN2O2S/c17-12-5-3-10(4-6-12)15-13(8-14(20)21)22-16(19-15)11-2-1-7-18-9-11/h1-7,9H,8H2,(H,20,21)/p-1. The molecule has 0 radical (unpaired) electrons. The van der Waals surface area contributed by atoms with Gasteiger partial charge in [0.25, 0.3) is 0 Å². The fourth-order valence-corrected chi connectivity index (χ4v) is 3.37. The van der Waals surface area contributed by atoms with Gasteiger partial charge in [0.2, 0.25) is 0 Å². The Balaban J connectivity index is 2.09. The van der Waals surface area contributed by atoms with E-state index in [0.717, 1.165) is 20.6 Å². The summed E-state index contributed by atoms with van der Waals surface area (Å²) in [5, 5.41) is 11.8. The molecular formula is C16H10BrN2O2S-. The summed E-state index contributed by atoms with van der Waals surface area (Å²) < 4.78 is 0.959. The van der Waals surface area contributed by atoms with Gasteiger partial charge in [0.1, 0.15) is 5.01 Å². The van der Waals surface area contributed by atoms with Gasteiger partial charge in [0.15, 0.2) is 0 Å². The number of aromatic nitrogens is 2. The Hall–Kier alpha value is -2.05. The molecule has 0 N–H and O–H groups in total. The number of rotatable bonds is 4. The summed E-state index contributed by atoms with van der Waals surface area (Å²) in [7, 11) is 0.